The van der Waals surface area contributed by atoms with Crippen LogP contribution in [0.3, 0.4) is 0 Å². The van der Waals surface area contributed by atoms with Crippen molar-refractivity contribution in [1.82, 2.24) is 0 Å². The van der Waals surface area contributed by atoms with Crippen LogP contribution in [0.4, 0.5) is 11.4 Å². The topological polar surface area (TPSA) is 36.4 Å². The van der Waals surface area contributed by atoms with Crippen molar-refractivity contribution in [3.05, 3.63) is 58.7 Å². The number of anilines is 2. The third kappa shape index (κ3) is 4.60. The molecule has 0 saturated carbocycles. The van der Waals surface area contributed by atoms with E-state index in [0.717, 1.165) is 17.3 Å². The molecule has 0 aromatic heterocycles. The Morgan fingerprint density at radius 3 is 1.33 bits per heavy atom. The first-order valence-electron chi connectivity index (χ1n) is 8.44. The molecule has 0 aliphatic rings. The van der Waals surface area contributed by atoms with Gasteiger partial charge in [0.15, 0.2) is 0 Å². The largest absolute Gasteiger partial charge is 0.326 e. The summed E-state index contributed by atoms with van der Waals surface area (Å²) in [4.78, 5) is 4.86. The summed E-state index contributed by atoms with van der Waals surface area (Å²) in [5.74, 6) is 0.775. The maximum atomic E-state index is 4.86. The molecule has 128 valence electrons. The lowest BCUT2D eigenvalue weighted by molar-refractivity contribution is 0.583. The van der Waals surface area contributed by atoms with E-state index in [2.05, 4.69) is 95.5 Å². The molecule has 0 atom stereocenters. The van der Waals surface area contributed by atoms with Crippen molar-refractivity contribution >= 4 is 17.3 Å². The second-order valence-corrected chi connectivity index (χ2v) is 7.41. The summed E-state index contributed by atoms with van der Waals surface area (Å²) >= 11 is 0. The molecule has 24 heavy (non-hydrogen) atoms. The second kappa shape index (κ2) is 7.08. The molecule has 0 aliphatic carbocycles. The fourth-order valence-electron chi connectivity index (χ4n) is 2.68. The fourth-order valence-corrected chi connectivity index (χ4v) is 2.68. The average Bonchev–Trinajstić information content (AvgIpc) is 2.45. The molecule has 3 heteroatoms. The zero-order valence-electron chi connectivity index (χ0n) is 15.9. The summed E-state index contributed by atoms with van der Waals surface area (Å²) in [6.07, 6.45) is 0. The minimum absolute atomic E-state index is 0.178. The van der Waals surface area contributed by atoms with Gasteiger partial charge in [-0.15, -0.1) is 0 Å². The van der Waals surface area contributed by atoms with Crippen LogP contribution in [-0.4, -0.2) is 11.5 Å². The number of rotatable bonds is 2. The van der Waals surface area contributed by atoms with Crippen molar-refractivity contribution in [2.24, 2.45) is 4.99 Å². The van der Waals surface area contributed by atoms with E-state index < -0.39 is 0 Å². The van der Waals surface area contributed by atoms with Gasteiger partial charge in [0.05, 0.1) is 5.54 Å². The Labute approximate surface area is 146 Å². The molecule has 0 fully saturated rings. The van der Waals surface area contributed by atoms with Crippen molar-refractivity contribution in [3.8, 4) is 0 Å². The van der Waals surface area contributed by atoms with Gasteiger partial charge in [-0.2, -0.15) is 0 Å². The number of aliphatic imine (C=N–C) groups is 1. The van der Waals surface area contributed by atoms with E-state index in [1.807, 2.05) is 0 Å². The van der Waals surface area contributed by atoms with Gasteiger partial charge in [0.25, 0.3) is 0 Å². The van der Waals surface area contributed by atoms with Gasteiger partial charge in [0.2, 0.25) is 5.96 Å². The Balaban J connectivity index is 2.42. The molecule has 2 aromatic carbocycles. The number of benzene rings is 2. The molecule has 2 N–H and O–H groups in total. The highest BCUT2D eigenvalue weighted by Gasteiger charge is 2.14. The van der Waals surface area contributed by atoms with Gasteiger partial charge in [-0.1, -0.05) is 36.4 Å². The summed E-state index contributed by atoms with van der Waals surface area (Å²) in [6.45, 7) is 14.8. The first kappa shape index (κ1) is 18.1. The van der Waals surface area contributed by atoms with Crippen molar-refractivity contribution in [2.45, 2.75) is 54.0 Å². The molecule has 2 aromatic rings. The van der Waals surface area contributed by atoms with Gasteiger partial charge in [0.1, 0.15) is 0 Å². The molecule has 0 bridgehead atoms. The van der Waals surface area contributed by atoms with Crippen LogP contribution in [0, 0.1) is 27.7 Å². The van der Waals surface area contributed by atoms with Gasteiger partial charge in [0, 0.05) is 11.4 Å². The summed E-state index contributed by atoms with van der Waals surface area (Å²) in [5, 5.41) is 7.03. The number of nitrogens with zero attached hydrogens (tertiary/aromatic N) is 1. The first-order chi connectivity index (χ1) is 11.2. The van der Waals surface area contributed by atoms with Crippen LogP contribution in [0.15, 0.2) is 41.4 Å². The smallest absolute Gasteiger partial charge is 0.200 e. The molecule has 0 spiro atoms. The molecular formula is C21H29N3. The zero-order valence-corrected chi connectivity index (χ0v) is 15.9. The Hall–Kier alpha value is -2.29. The zero-order chi connectivity index (χ0) is 17.9. The maximum absolute atomic E-state index is 4.86. The highest BCUT2D eigenvalue weighted by atomic mass is 15.2. The highest BCUT2D eigenvalue weighted by molar-refractivity contribution is 6.05. The van der Waals surface area contributed by atoms with Crippen LogP contribution in [0.25, 0.3) is 0 Å². The Bertz CT molecular complexity index is 656. The van der Waals surface area contributed by atoms with E-state index in [9.17, 15) is 0 Å². The molecule has 2 rings (SSSR count). The van der Waals surface area contributed by atoms with Crippen LogP contribution >= 0.6 is 0 Å². The Morgan fingerprint density at radius 2 is 1.04 bits per heavy atom. The fraction of sp³-hybridized carbons (Fsp3) is 0.381. The summed E-state index contributed by atoms with van der Waals surface area (Å²) < 4.78 is 0. The van der Waals surface area contributed by atoms with Gasteiger partial charge in [-0.3, -0.25) is 0 Å². The third-order valence-electron chi connectivity index (χ3n) is 3.90. The monoisotopic (exact) mass is 323 g/mol. The van der Waals surface area contributed by atoms with Crippen molar-refractivity contribution < 1.29 is 0 Å². The molecule has 0 aliphatic heterocycles. The van der Waals surface area contributed by atoms with E-state index in [0.29, 0.717) is 0 Å². The highest BCUT2D eigenvalue weighted by Crippen LogP contribution is 2.23. The van der Waals surface area contributed by atoms with Crippen LogP contribution in [0.5, 0.6) is 0 Å². The van der Waals surface area contributed by atoms with Crippen molar-refractivity contribution in [3.63, 3.8) is 0 Å². The number of hydrogen-bond donors (Lipinski definition) is 2. The van der Waals surface area contributed by atoms with Crippen LogP contribution in [0.2, 0.25) is 0 Å². The second-order valence-electron chi connectivity index (χ2n) is 7.41. The van der Waals surface area contributed by atoms with E-state index in [1.165, 1.54) is 22.3 Å². The van der Waals surface area contributed by atoms with Crippen molar-refractivity contribution in [2.75, 3.05) is 10.6 Å². The number of guanidine groups is 1. The molecule has 0 saturated heterocycles. The standard InChI is InChI=1S/C21H29N3/c1-14-10-8-11-15(2)18(14)22-20(24-21(5,6)7)23-19-16(3)12-9-13-17(19)4/h8-13H,1-7H3,(H2,22,23,24). The molecule has 0 amide bonds. The lowest BCUT2D eigenvalue weighted by Gasteiger charge is -2.22. The number of para-hydroxylation sites is 2. The normalized spacial score (nSPS) is 11.1. The lowest BCUT2D eigenvalue weighted by Crippen LogP contribution is -2.28. The molecule has 0 unspecified atom stereocenters. The molecular weight excluding hydrogens is 294 g/mol. The van der Waals surface area contributed by atoms with E-state index in [-0.39, 0.29) is 5.54 Å². The van der Waals surface area contributed by atoms with E-state index in [1.54, 1.807) is 0 Å². The SMILES string of the molecule is Cc1cccc(C)c1NC(=NC(C)(C)C)Nc1c(C)cccc1C. The average molecular weight is 323 g/mol. The maximum Gasteiger partial charge on any atom is 0.200 e. The van der Waals surface area contributed by atoms with E-state index >= 15 is 0 Å². The van der Waals surface area contributed by atoms with Gasteiger partial charge >= 0.3 is 0 Å². The first-order valence-corrected chi connectivity index (χ1v) is 8.44. The third-order valence-corrected chi connectivity index (χ3v) is 3.90. The number of aryl methyl sites for hydroxylation is 4. The number of hydrogen-bond acceptors (Lipinski definition) is 1. The summed E-state index contributed by atoms with van der Waals surface area (Å²) in [7, 11) is 0. The molecule has 0 heterocycles. The molecule has 0 radical (unpaired) electrons. The van der Waals surface area contributed by atoms with Gasteiger partial charge in [-0.25, -0.2) is 4.99 Å². The van der Waals surface area contributed by atoms with Crippen LogP contribution < -0.4 is 10.6 Å². The predicted octanol–water partition coefficient (Wildman–Crippen LogP) is 5.60. The quantitative estimate of drug-likeness (QED) is 0.557. The van der Waals surface area contributed by atoms with Crippen LogP contribution in [0.1, 0.15) is 43.0 Å². The number of nitrogens with one attached hydrogen (secondary N) is 2. The Kier molecular flexibility index (Phi) is 5.33. The minimum atomic E-state index is -0.178. The lowest BCUT2D eigenvalue weighted by atomic mass is 10.1. The minimum Gasteiger partial charge on any atom is -0.326 e. The van der Waals surface area contributed by atoms with Gasteiger partial charge < -0.3 is 10.6 Å². The van der Waals surface area contributed by atoms with Crippen LogP contribution in [-0.2, 0) is 0 Å². The Morgan fingerprint density at radius 1 is 0.708 bits per heavy atom. The predicted molar refractivity (Wildman–Crippen MR) is 106 cm³/mol. The van der Waals surface area contributed by atoms with E-state index in [4.69, 9.17) is 4.99 Å². The van der Waals surface area contributed by atoms with Gasteiger partial charge in [-0.05, 0) is 70.7 Å². The summed E-state index contributed by atoms with van der Waals surface area (Å²) in [6, 6.07) is 12.6. The molecule has 3 nitrogen and oxygen atoms in total. The van der Waals surface area contributed by atoms with Crippen molar-refractivity contribution in [1.29, 1.82) is 0 Å². The summed E-state index contributed by atoms with van der Waals surface area (Å²) in [5.41, 5.74) is 6.88.